The van der Waals surface area contributed by atoms with Gasteiger partial charge in [-0.25, -0.2) is 0 Å². The molecule has 0 saturated carbocycles. The van der Waals surface area contributed by atoms with Crippen LogP contribution in [0.4, 0.5) is 0 Å². The minimum Gasteiger partial charge on any atom is -0.544 e. The van der Waals surface area contributed by atoms with E-state index in [9.17, 15) is 19.5 Å². The fourth-order valence-corrected chi connectivity index (χ4v) is 6.86. The van der Waals surface area contributed by atoms with Crippen LogP contribution < -0.4 is 5.11 Å². The lowest BCUT2D eigenvalue weighted by Gasteiger charge is -2.34. The van der Waals surface area contributed by atoms with Crippen molar-refractivity contribution in [3.05, 3.63) is 109 Å². The molecule has 0 aliphatic heterocycles. The number of aliphatic carboxylic acids is 1. The van der Waals surface area contributed by atoms with Crippen LogP contribution in [0.3, 0.4) is 0 Å². The average Bonchev–Trinajstić information content (AvgIpc) is 3.27. The lowest BCUT2D eigenvalue weighted by atomic mass is 10.1. The highest BCUT2D eigenvalue weighted by molar-refractivity contribution is 5.70. The summed E-state index contributed by atoms with van der Waals surface area (Å²) in [5.41, 5.74) is 0. The molecule has 0 heterocycles. The summed E-state index contributed by atoms with van der Waals surface area (Å²) in [7, 11) is 5.39. The number of carbonyl (C=O) groups excluding carboxylic acids is 3. The van der Waals surface area contributed by atoms with Crippen LogP contribution in [0.15, 0.2) is 109 Å². The Hall–Kier alpha value is -4.01. The number of carboxylic acid groups (broad SMARTS) is 1. The van der Waals surface area contributed by atoms with E-state index in [0.717, 1.165) is 96.3 Å². The lowest BCUT2D eigenvalue weighted by molar-refractivity contribution is -0.889. The number of hydrogen-bond donors (Lipinski definition) is 0. The predicted molar refractivity (Wildman–Crippen MR) is 272 cm³/mol. The van der Waals surface area contributed by atoms with Crippen LogP contribution in [0, 0.1) is 0 Å². The first-order chi connectivity index (χ1) is 31.6. The van der Waals surface area contributed by atoms with E-state index in [-0.39, 0.29) is 49.1 Å². The van der Waals surface area contributed by atoms with Gasteiger partial charge in [0, 0.05) is 19.3 Å². The maximum atomic E-state index is 12.8. The number of carbonyl (C=O) groups is 3. The summed E-state index contributed by atoms with van der Waals surface area (Å²) in [6.07, 6.45) is 64.0. The second kappa shape index (κ2) is 46.5. The van der Waals surface area contributed by atoms with Gasteiger partial charge in [0.1, 0.15) is 12.6 Å². The van der Waals surface area contributed by atoms with E-state index in [0.29, 0.717) is 6.42 Å². The van der Waals surface area contributed by atoms with Crippen LogP contribution in [0.25, 0.3) is 0 Å². The van der Waals surface area contributed by atoms with Gasteiger partial charge in [0.15, 0.2) is 6.10 Å². The Morgan fingerprint density at radius 3 is 1.42 bits per heavy atom. The van der Waals surface area contributed by atoms with E-state index >= 15 is 0 Å². The predicted octanol–water partition coefficient (Wildman–Crippen LogP) is 13.5. The van der Waals surface area contributed by atoms with E-state index in [1.807, 2.05) is 36.5 Å². The van der Waals surface area contributed by atoms with Crippen molar-refractivity contribution in [1.82, 2.24) is 0 Å². The fraction of sp³-hybridized carbons (Fsp3) is 0.632. The Morgan fingerprint density at radius 2 is 0.923 bits per heavy atom. The smallest absolute Gasteiger partial charge is 0.306 e. The van der Waals surface area contributed by atoms with Crippen molar-refractivity contribution < 1.29 is 38.2 Å². The molecule has 0 radical (unpaired) electrons. The normalized spacial score (nSPS) is 13.8. The highest BCUT2D eigenvalue weighted by Gasteiger charge is 2.25. The molecule has 65 heavy (non-hydrogen) atoms. The van der Waals surface area contributed by atoms with Gasteiger partial charge in [0.05, 0.1) is 40.3 Å². The number of allylic oxidation sites excluding steroid dienone is 18. The van der Waals surface area contributed by atoms with E-state index < -0.39 is 18.1 Å². The number of unbranched alkanes of at least 4 members (excludes halogenated alkanes) is 16. The van der Waals surface area contributed by atoms with E-state index in [1.54, 1.807) is 21.1 Å². The first-order valence-electron chi connectivity index (χ1n) is 25.5. The highest BCUT2D eigenvalue weighted by Crippen LogP contribution is 2.14. The van der Waals surface area contributed by atoms with Gasteiger partial charge in [0.2, 0.25) is 0 Å². The van der Waals surface area contributed by atoms with E-state index in [1.165, 1.54) is 51.4 Å². The molecule has 2 unspecified atom stereocenters. The maximum Gasteiger partial charge on any atom is 0.306 e. The number of rotatable bonds is 44. The summed E-state index contributed by atoms with van der Waals surface area (Å²) in [4.78, 5) is 37.0. The summed E-state index contributed by atoms with van der Waals surface area (Å²) >= 11 is 0. The zero-order valence-electron chi connectivity index (χ0n) is 41.9. The third kappa shape index (κ3) is 45.0. The number of nitrogens with zero attached hydrogens (tertiary/aromatic N) is 1. The molecule has 0 saturated heterocycles. The molecular weight excluding hydrogens is 811 g/mol. The van der Waals surface area contributed by atoms with Crippen molar-refractivity contribution in [2.24, 2.45) is 0 Å². The fourth-order valence-electron chi connectivity index (χ4n) is 6.86. The first-order valence-corrected chi connectivity index (χ1v) is 25.5. The Labute approximate surface area is 398 Å². The van der Waals surface area contributed by atoms with E-state index in [4.69, 9.17) is 14.2 Å². The van der Waals surface area contributed by atoms with Crippen LogP contribution in [0.5, 0.6) is 0 Å². The van der Waals surface area contributed by atoms with Crippen molar-refractivity contribution >= 4 is 17.9 Å². The second-order valence-corrected chi connectivity index (χ2v) is 17.8. The number of esters is 2. The Morgan fingerprint density at radius 1 is 0.492 bits per heavy atom. The van der Waals surface area contributed by atoms with Crippen LogP contribution in [0.1, 0.15) is 181 Å². The molecular formula is C57H93NO7. The largest absolute Gasteiger partial charge is 0.544 e. The molecule has 0 spiro atoms. The van der Waals surface area contributed by atoms with Gasteiger partial charge in [-0.3, -0.25) is 9.59 Å². The van der Waals surface area contributed by atoms with Gasteiger partial charge in [-0.1, -0.05) is 200 Å². The van der Waals surface area contributed by atoms with Crippen molar-refractivity contribution in [1.29, 1.82) is 0 Å². The van der Waals surface area contributed by atoms with Crippen LogP contribution in [-0.4, -0.2) is 75.5 Å². The van der Waals surface area contributed by atoms with Gasteiger partial charge in [-0.05, 0) is 70.6 Å². The van der Waals surface area contributed by atoms with Crippen LogP contribution in [-0.2, 0) is 28.6 Å². The van der Waals surface area contributed by atoms with Gasteiger partial charge in [0.25, 0.3) is 0 Å². The molecule has 0 aromatic carbocycles. The molecule has 0 fully saturated rings. The molecule has 368 valence electrons. The number of likely N-dealkylation sites (N-methyl/N-ethyl adjacent to an activating group) is 1. The number of quaternary nitrogens is 1. The summed E-state index contributed by atoms with van der Waals surface area (Å²) in [5.74, 6) is -1.78. The molecule has 0 bridgehead atoms. The minimum absolute atomic E-state index is 0.0218. The molecule has 2 atom stereocenters. The molecule has 0 aromatic rings. The monoisotopic (exact) mass is 904 g/mol. The first kappa shape index (κ1) is 61.0. The third-order valence-corrected chi connectivity index (χ3v) is 10.8. The van der Waals surface area contributed by atoms with Crippen molar-refractivity contribution in [2.75, 3.05) is 41.0 Å². The third-order valence-electron chi connectivity index (χ3n) is 10.8. The molecule has 0 aliphatic rings. The zero-order valence-corrected chi connectivity index (χ0v) is 41.9. The summed E-state index contributed by atoms with van der Waals surface area (Å²) in [5, 5.41) is 11.7. The van der Waals surface area contributed by atoms with E-state index in [2.05, 4.69) is 86.8 Å². The topological polar surface area (TPSA) is 102 Å². The van der Waals surface area contributed by atoms with Crippen molar-refractivity contribution in [3.8, 4) is 0 Å². The number of ether oxygens (including phenoxy) is 3. The second-order valence-electron chi connectivity index (χ2n) is 17.8. The Balaban J connectivity index is 4.31. The van der Waals surface area contributed by atoms with Gasteiger partial charge < -0.3 is 28.6 Å². The average molecular weight is 904 g/mol. The molecule has 0 aromatic heterocycles. The minimum atomic E-state index is -1.13. The van der Waals surface area contributed by atoms with Gasteiger partial charge >= 0.3 is 11.9 Å². The van der Waals surface area contributed by atoms with Crippen LogP contribution in [0.2, 0.25) is 0 Å². The van der Waals surface area contributed by atoms with Gasteiger partial charge in [-0.2, -0.15) is 0 Å². The summed E-state index contributed by atoms with van der Waals surface area (Å²) in [6, 6.07) is -0.739. The molecule has 0 N–H and O–H groups in total. The highest BCUT2D eigenvalue weighted by atomic mass is 16.6. The zero-order chi connectivity index (χ0) is 47.7. The molecule has 0 amide bonds. The summed E-state index contributed by atoms with van der Waals surface area (Å²) < 4.78 is 17.2. The summed E-state index contributed by atoms with van der Waals surface area (Å²) in [6.45, 7) is 4.42. The van der Waals surface area contributed by atoms with Crippen LogP contribution >= 0.6 is 0 Å². The number of hydrogen-bond acceptors (Lipinski definition) is 7. The maximum absolute atomic E-state index is 12.8. The standard InChI is InChI=1S/C57H93NO7/c1-6-8-10-12-14-16-18-20-22-24-26-27-28-29-30-32-33-35-37-39-41-43-45-47-55(59)64-52-53(51-63-50-49-54(57(61)62)58(3,4)5)65-56(60)48-46-44-42-40-38-36-34-31-25-23-21-19-17-15-13-11-9-7-2/h8,10-11,13-17,19-23,25-27,31,34,53-54H,6-7,9,12,18,24,28-30,32-33,35-52H2,1-5H3/b10-8+,13-11+,16-14+,17-15+,21-19+,22-20+,25-23+,27-26+,34-31+. The molecule has 0 rings (SSSR count). The molecule has 8 heteroatoms. The van der Waals surface area contributed by atoms with Crippen molar-refractivity contribution in [3.63, 3.8) is 0 Å². The SMILES string of the molecule is CC/C=C/C/C=C/C/C=C/C/C=C/CCCCCCCCCCCCC(=O)OCC(COCCC(C(=O)[O-])[N+](C)(C)C)OC(=O)CCCCCCC/C=C/C=C/C=C/C=C/C=C/CCC. The molecule has 0 aliphatic carbocycles. The number of carboxylic acids is 1. The van der Waals surface area contributed by atoms with Crippen molar-refractivity contribution in [2.45, 2.75) is 193 Å². The Kier molecular flexibility index (Phi) is 43.6. The van der Waals surface area contributed by atoms with Gasteiger partial charge in [-0.15, -0.1) is 0 Å². The lowest BCUT2D eigenvalue weighted by Crippen LogP contribution is -2.55. The Bertz CT molecular complexity index is 1420. The quantitative estimate of drug-likeness (QED) is 0.0197. The molecule has 8 nitrogen and oxygen atoms in total.